The van der Waals surface area contributed by atoms with Crippen molar-refractivity contribution in [2.75, 3.05) is 51.3 Å². The number of ether oxygens (including phenoxy) is 1. The van der Waals surface area contributed by atoms with Crippen LogP contribution in [0.2, 0.25) is 0 Å². The number of benzene rings is 2. The zero-order valence-corrected chi connectivity index (χ0v) is 17.0. The van der Waals surface area contributed by atoms with Gasteiger partial charge in [0.2, 0.25) is 5.91 Å². The minimum Gasteiger partial charge on any atom is -0.495 e. The fraction of sp³-hybridized carbons (Fsp3) is 0.375. The smallest absolute Gasteiger partial charge is 0.228 e. The fourth-order valence-corrected chi connectivity index (χ4v) is 3.81. The highest BCUT2D eigenvalue weighted by atomic mass is 16.5. The van der Waals surface area contributed by atoms with Crippen LogP contribution in [0.1, 0.15) is 17.9 Å². The van der Waals surface area contributed by atoms with Crippen LogP contribution in [0.4, 0.5) is 5.69 Å². The molecular formula is C24H29N3O2. The number of hydrogen-bond donors (Lipinski definition) is 1. The minimum atomic E-state index is -0.184. The van der Waals surface area contributed by atoms with Crippen LogP contribution in [0.15, 0.2) is 54.6 Å². The summed E-state index contributed by atoms with van der Waals surface area (Å²) >= 11 is 0. The van der Waals surface area contributed by atoms with Gasteiger partial charge in [-0.05, 0) is 30.7 Å². The van der Waals surface area contributed by atoms with Gasteiger partial charge in [0.15, 0.2) is 0 Å². The average Bonchev–Trinajstić information content (AvgIpc) is 2.79. The Morgan fingerprint density at radius 1 is 1.10 bits per heavy atom. The summed E-state index contributed by atoms with van der Waals surface area (Å²) < 4.78 is 5.50. The van der Waals surface area contributed by atoms with Gasteiger partial charge in [-0.15, -0.1) is 6.42 Å². The van der Waals surface area contributed by atoms with E-state index in [9.17, 15) is 4.79 Å². The number of rotatable bonds is 8. The lowest BCUT2D eigenvalue weighted by atomic mass is 9.94. The number of anilines is 1. The Hall–Kier alpha value is -2.97. The first-order valence-corrected chi connectivity index (χ1v) is 10.1. The average molecular weight is 392 g/mol. The molecule has 1 aliphatic heterocycles. The summed E-state index contributed by atoms with van der Waals surface area (Å²) in [6.45, 7) is 4.96. The molecule has 5 heteroatoms. The quantitative estimate of drug-likeness (QED) is 0.703. The van der Waals surface area contributed by atoms with Gasteiger partial charge in [0.1, 0.15) is 5.75 Å². The molecule has 0 radical (unpaired) electrons. The molecule has 1 aliphatic rings. The van der Waals surface area contributed by atoms with Gasteiger partial charge in [0.05, 0.1) is 25.3 Å². The van der Waals surface area contributed by atoms with Crippen molar-refractivity contribution in [3.8, 4) is 18.1 Å². The number of para-hydroxylation sites is 2. The molecule has 0 aromatic heterocycles. The second kappa shape index (κ2) is 10.5. The molecule has 1 atom stereocenters. The first-order chi connectivity index (χ1) is 14.2. The van der Waals surface area contributed by atoms with Crippen LogP contribution in [-0.4, -0.2) is 57.2 Å². The van der Waals surface area contributed by atoms with Gasteiger partial charge in [-0.2, -0.15) is 0 Å². The number of amides is 1. The topological polar surface area (TPSA) is 44.8 Å². The Labute approximate surface area is 173 Å². The van der Waals surface area contributed by atoms with E-state index >= 15 is 0 Å². The maximum absolute atomic E-state index is 12.6. The van der Waals surface area contributed by atoms with Crippen molar-refractivity contribution in [3.63, 3.8) is 0 Å². The maximum atomic E-state index is 12.6. The molecule has 1 unspecified atom stereocenters. The van der Waals surface area contributed by atoms with Crippen molar-refractivity contribution in [3.05, 3.63) is 60.2 Å². The van der Waals surface area contributed by atoms with E-state index in [2.05, 4.69) is 27.1 Å². The fourth-order valence-electron chi connectivity index (χ4n) is 3.81. The predicted molar refractivity (Wildman–Crippen MR) is 117 cm³/mol. The van der Waals surface area contributed by atoms with Crippen LogP contribution in [-0.2, 0) is 4.79 Å². The largest absolute Gasteiger partial charge is 0.495 e. The monoisotopic (exact) mass is 391 g/mol. The minimum absolute atomic E-state index is 0.00167. The third-order valence-electron chi connectivity index (χ3n) is 5.42. The summed E-state index contributed by atoms with van der Waals surface area (Å²) in [5, 5.41) is 2.84. The maximum Gasteiger partial charge on any atom is 0.228 e. The lowest BCUT2D eigenvalue weighted by molar-refractivity contribution is -0.122. The Morgan fingerprint density at radius 2 is 1.79 bits per heavy atom. The first kappa shape index (κ1) is 20.8. The van der Waals surface area contributed by atoms with Crippen LogP contribution in [0.25, 0.3) is 0 Å². The Morgan fingerprint density at radius 3 is 2.48 bits per heavy atom. The highest BCUT2D eigenvalue weighted by Gasteiger charge is 2.24. The lowest BCUT2D eigenvalue weighted by Crippen LogP contribution is -2.47. The zero-order chi connectivity index (χ0) is 20.5. The summed E-state index contributed by atoms with van der Waals surface area (Å²) in [5.41, 5.74) is 2.18. The van der Waals surface area contributed by atoms with E-state index in [0.717, 1.165) is 56.1 Å². The molecule has 1 saturated heterocycles. The molecule has 1 amide bonds. The lowest BCUT2D eigenvalue weighted by Gasteiger charge is -2.37. The first-order valence-electron chi connectivity index (χ1n) is 10.1. The van der Waals surface area contributed by atoms with E-state index < -0.39 is 0 Å². The third-order valence-corrected chi connectivity index (χ3v) is 5.42. The summed E-state index contributed by atoms with van der Waals surface area (Å²) in [5.74, 6) is 3.21. The summed E-state index contributed by atoms with van der Waals surface area (Å²) in [6.07, 6.45) is 6.07. The van der Waals surface area contributed by atoms with Crippen LogP contribution in [0.5, 0.6) is 5.75 Å². The molecule has 29 heavy (non-hydrogen) atoms. The molecule has 1 N–H and O–H groups in total. The van der Waals surface area contributed by atoms with E-state index in [4.69, 9.17) is 11.2 Å². The van der Waals surface area contributed by atoms with E-state index in [1.807, 2.05) is 48.5 Å². The van der Waals surface area contributed by atoms with E-state index in [1.165, 1.54) is 0 Å². The second-order valence-corrected chi connectivity index (χ2v) is 7.17. The molecule has 2 aromatic carbocycles. The van der Waals surface area contributed by atoms with Gasteiger partial charge in [0.25, 0.3) is 0 Å². The number of piperazine rings is 1. The van der Waals surface area contributed by atoms with E-state index in [0.29, 0.717) is 0 Å². The van der Waals surface area contributed by atoms with Crippen LogP contribution < -0.4 is 15.0 Å². The SMILES string of the molecule is C#CCNC(=O)C(CCN1CCN(c2ccccc2OC)CC1)c1ccccc1. The highest BCUT2D eigenvalue weighted by Crippen LogP contribution is 2.28. The highest BCUT2D eigenvalue weighted by molar-refractivity contribution is 5.83. The number of carbonyl (C=O) groups excluding carboxylic acids is 1. The molecule has 1 heterocycles. The third kappa shape index (κ3) is 5.52. The van der Waals surface area contributed by atoms with E-state index in [-0.39, 0.29) is 18.4 Å². The number of methoxy groups -OCH3 is 1. The Balaban J connectivity index is 1.57. The summed E-state index contributed by atoms with van der Waals surface area (Å²) in [4.78, 5) is 17.4. The van der Waals surface area contributed by atoms with Gasteiger partial charge < -0.3 is 15.0 Å². The molecule has 152 valence electrons. The van der Waals surface area contributed by atoms with Crippen molar-refractivity contribution >= 4 is 11.6 Å². The number of hydrogen-bond acceptors (Lipinski definition) is 4. The Bertz CT molecular complexity index is 824. The van der Waals surface area contributed by atoms with Gasteiger partial charge in [-0.1, -0.05) is 48.4 Å². The van der Waals surface area contributed by atoms with Gasteiger partial charge in [-0.3, -0.25) is 9.69 Å². The van der Waals surface area contributed by atoms with Crippen molar-refractivity contribution in [1.82, 2.24) is 10.2 Å². The van der Waals surface area contributed by atoms with Crippen molar-refractivity contribution in [2.24, 2.45) is 0 Å². The number of nitrogens with one attached hydrogen (secondary N) is 1. The molecule has 0 bridgehead atoms. The van der Waals surface area contributed by atoms with Crippen molar-refractivity contribution < 1.29 is 9.53 Å². The van der Waals surface area contributed by atoms with Crippen LogP contribution in [0, 0.1) is 12.3 Å². The Kier molecular flexibility index (Phi) is 7.54. The summed E-state index contributed by atoms with van der Waals surface area (Å²) in [6, 6.07) is 18.1. The van der Waals surface area contributed by atoms with E-state index in [1.54, 1.807) is 7.11 Å². The second-order valence-electron chi connectivity index (χ2n) is 7.17. The molecule has 3 rings (SSSR count). The van der Waals surface area contributed by atoms with Gasteiger partial charge >= 0.3 is 0 Å². The van der Waals surface area contributed by atoms with Crippen LogP contribution in [0.3, 0.4) is 0 Å². The molecule has 0 saturated carbocycles. The van der Waals surface area contributed by atoms with Crippen molar-refractivity contribution in [2.45, 2.75) is 12.3 Å². The van der Waals surface area contributed by atoms with Crippen molar-refractivity contribution in [1.29, 1.82) is 0 Å². The molecule has 1 fully saturated rings. The molecule has 0 spiro atoms. The van der Waals surface area contributed by atoms with Gasteiger partial charge in [-0.25, -0.2) is 0 Å². The number of terminal acetylenes is 1. The molecule has 2 aromatic rings. The molecule has 0 aliphatic carbocycles. The van der Waals surface area contributed by atoms with Gasteiger partial charge in [0, 0.05) is 26.2 Å². The zero-order valence-electron chi connectivity index (χ0n) is 17.0. The normalized spacial score (nSPS) is 15.4. The number of carbonyl (C=O) groups is 1. The molecular weight excluding hydrogens is 362 g/mol. The summed E-state index contributed by atoms with van der Waals surface area (Å²) in [7, 11) is 1.71. The van der Waals surface area contributed by atoms with Crippen LogP contribution >= 0.6 is 0 Å². The number of nitrogens with zero attached hydrogens (tertiary/aromatic N) is 2. The standard InChI is InChI=1S/C24H29N3O2/c1-3-14-25-24(28)21(20-9-5-4-6-10-20)13-15-26-16-18-27(19-17-26)22-11-7-8-12-23(22)29-2/h1,4-12,21H,13-19H2,2H3,(H,25,28). The molecule has 5 nitrogen and oxygen atoms in total. The predicted octanol–water partition coefficient (Wildman–Crippen LogP) is 2.74.